The number of nitrogens with zero attached hydrogens (tertiary/aromatic N) is 1. The minimum absolute atomic E-state index is 0.220. The second kappa shape index (κ2) is 9.19. The maximum absolute atomic E-state index is 12.3. The van der Waals surface area contributed by atoms with Crippen LogP contribution in [0.4, 0.5) is 5.69 Å². The predicted octanol–water partition coefficient (Wildman–Crippen LogP) is 7.31. The molecule has 0 fully saturated rings. The number of oxazole rings is 1. The van der Waals surface area contributed by atoms with Crippen molar-refractivity contribution in [2.75, 3.05) is 5.32 Å². The van der Waals surface area contributed by atoms with Crippen molar-refractivity contribution in [1.29, 1.82) is 0 Å². The zero-order valence-electron chi connectivity index (χ0n) is 17.4. The fourth-order valence-electron chi connectivity index (χ4n) is 3.27. The van der Waals surface area contributed by atoms with Crippen LogP contribution in [0.1, 0.15) is 37.3 Å². The highest BCUT2D eigenvalue weighted by molar-refractivity contribution is 6.30. The maximum atomic E-state index is 12.3. The molecule has 1 amide bonds. The van der Waals surface area contributed by atoms with Crippen LogP contribution in [0.3, 0.4) is 0 Å². The highest BCUT2D eigenvalue weighted by Gasteiger charge is 2.11. The minimum atomic E-state index is -0.220. The van der Waals surface area contributed by atoms with E-state index < -0.39 is 0 Å². The van der Waals surface area contributed by atoms with Crippen LogP contribution < -0.4 is 5.32 Å². The van der Waals surface area contributed by atoms with E-state index in [0.717, 1.165) is 28.6 Å². The van der Waals surface area contributed by atoms with Crippen molar-refractivity contribution in [2.45, 2.75) is 26.2 Å². The van der Waals surface area contributed by atoms with Crippen molar-refractivity contribution in [3.8, 4) is 11.5 Å². The smallest absolute Gasteiger partial charge is 0.248 e. The summed E-state index contributed by atoms with van der Waals surface area (Å²) in [5.41, 5.74) is 5.22. The number of fused-ring (bicyclic) bond motifs is 1. The van der Waals surface area contributed by atoms with Crippen LogP contribution in [-0.2, 0) is 4.79 Å². The van der Waals surface area contributed by atoms with Gasteiger partial charge >= 0.3 is 0 Å². The first-order valence-electron chi connectivity index (χ1n) is 10.3. The molecular formula is C26H23ClN2O2. The minimum Gasteiger partial charge on any atom is -0.436 e. The van der Waals surface area contributed by atoms with Gasteiger partial charge in [0.15, 0.2) is 5.58 Å². The lowest BCUT2D eigenvalue weighted by molar-refractivity contribution is -0.111. The van der Waals surface area contributed by atoms with Gasteiger partial charge < -0.3 is 9.73 Å². The Morgan fingerprint density at radius 2 is 1.94 bits per heavy atom. The van der Waals surface area contributed by atoms with Gasteiger partial charge in [-0.2, -0.15) is 0 Å². The van der Waals surface area contributed by atoms with Gasteiger partial charge in [0.1, 0.15) is 5.52 Å². The van der Waals surface area contributed by atoms with Crippen molar-refractivity contribution in [1.82, 2.24) is 4.98 Å². The van der Waals surface area contributed by atoms with Gasteiger partial charge in [-0.3, -0.25) is 4.79 Å². The highest BCUT2D eigenvalue weighted by atomic mass is 35.5. The van der Waals surface area contributed by atoms with Crippen LogP contribution in [0, 0.1) is 0 Å². The van der Waals surface area contributed by atoms with Crippen LogP contribution >= 0.6 is 11.6 Å². The molecule has 156 valence electrons. The molecule has 0 saturated heterocycles. The molecule has 5 heteroatoms. The number of halogens is 1. The van der Waals surface area contributed by atoms with Crippen LogP contribution in [0.25, 0.3) is 28.6 Å². The molecule has 1 heterocycles. The van der Waals surface area contributed by atoms with Gasteiger partial charge in [-0.25, -0.2) is 4.98 Å². The summed E-state index contributed by atoms with van der Waals surface area (Å²) in [5, 5.41) is 3.54. The topological polar surface area (TPSA) is 55.1 Å². The summed E-state index contributed by atoms with van der Waals surface area (Å²) in [7, 11) is 0. The number of aromatic nitrogens is 1. The van der Waals surface area contributed by atoms with Gasteiger partial charge in [-0.15, -0.1) is 0 Å². The third-order valence-electron chi connectivity index (χ3n) is 5.27. The fraction of sp³-hybridized carbons (Fsp3) is 0.154. The average Bonchev–Trinajstić information content (AvgIpc) is 3.22. The normalized spacial score (nSPS) is 12.4. The van der Waals surface area contributed by atoms with Gasteiger partial charge in [-0.1, -0.05) is 49.7 Å². The Morgan fingerprint density at radius 1 is 1.13 bits per heavy atom. The SMILES string of the molecule is CCC(C)c1ccc2oc(-c3cccc(NC(=O)C=Cc4ccc(Cl)cc4)c3)nc2c1. The second-order valence-corrected chi connectivity index (χ2v) is 7.95. The van der Waals surface area contributed by atoms with E-state index in [1.54, 1.807) is 18.2 Å². The van der Waals surface area contributed by atoms with E-state index in [2.05, 4.69) is 36.3 Å². The number of nitrogens with one attached hydrogen (secondary N) is 1. The molecule has 0 bridgehead atoms. The van der Waals surface area contributed by atoms with Crippen LogP contribution in [0.2, 0.25) is 5.02 Å². The first-order valence-corrected chi connectivity index (χ1v) is 10.6. The molecule has 1 aromatic heterocycles. The van der Waals surface area contributed by atoms with E-state index in [1.165, 1.54) is 11.6 Å². The zero-order valence-corrected chi connectivity index (χ0v) is 18.2. The summed E-state index contributed by atoms with van der Waals surface area (Å²) in [6, 6.07) is 20.9. The van der Waals surface area contributed by atoms with E-state index >= 15 is 0 Å². The first kappa shape index (κ1) is 20.9. The van der Waals surface area contributed by atoms with Crippen molar-refractivity contribution < 1.29 is 9.21 Å². The number of carbonyl (C=O) groups excluding carboxylic acids is 1. The molecule has 0 aliphatic heterocycles. The summed E-state index contributed by atoms with van der Waals surface area (Å²) in [4.78, 5) is 17.0. The number of benzene rings is 3. The van der Waals surface area contributed by atoms with E-state index in [4.69, 9.17) is 16.0 Å². The third-order valence-corrected chi connectivity index (χ3v) is 5.52. The molecular weight excluding hydrogens is 408 g/mol. The van der Waals surface area contributed by atoms with E-state index in [1.807, 2.05) is 42.5 Å². The van der Waals surface area contributed by atoms with Crippen LogP contribution in [0.5, 0.6) is 0 Å². The maximum Gasteiger partial charge on any atom is 0.248 e. The Balaban J connectivity index is 1.51. The molecule has 4 rings (SSSR count). The van der Waals surface area contributed by atoms with E-state index in [-0.39, 0.29) is 5.91 Å². The number of anilines is 1. The second-order valence-electron chi connectivity index (χ2n) is 7.51. The van der Waals surface area contributed by atoms with Crippen molar-refractivity contribution in [2.24, 2.45) is 0 Å². The molecule has 4 aromatic rings. The predicted molar refractivity (Wildman–Crippen MR) is 127 cm³/mol. The summed E-state index contributed by atoms with van der Waals surface area (Å²) in [6.07, 6.45) is 4.31. The lowest BCUT2D eigenvalue weighted by Gasteiger charge is -2.07. The number of rotatable bonds is 6. The molecule has 0 spiro atoms. The Hall–Kier alpha value is -3.37. The van der Waals surface area contributed by atoms with Gasteiger partial charge in [-0.05, 0) is 72.0 Å². The van der Waals surface area contributed by atoms with Crippen molar-refractivity contribution in [3.05, 3.63) is 89.0 Å². The van der Waals surface area contributed by atoms with Gasteiger partial charge in [0.05, 0.1) is 0 Å². The Bertz CT molecular complexity index is 1240. The van der Waals surface area contributed by atoms with Gasteiger partial charge in [0.2, 0.25) is 11.8 Å². The van der Waals surface area contributed by atoms with Crippen molar-refractivity contribution in [3.63, 3.8) is 0 Å². The molecule has 1 unspecified atom stereocenters. The molecule has 0 saturated carbocycles. The fourth-order valence-corrected chi connectivity index (χ4v) is 3.40. The van der Waals surface area contributed by atoms with Gasteiger partial charge in [0, 0.05) is 22.3 Å². The quantitative estimate of drug-likeness (QED) is 0.326. The Morgan fingerprint density at radius 3 is 2.71 bits per heavy atom. The van der Waals surface area contributed by atoms with Crippen LogP contribution in [-0.4, -0.2) is 10.9 Å². The molecule has 0 aliphatic carbocycles. The van der Waals surface area contributed by atoms with Gasteiger partial charge in [0.25, 0.3) is 0 Å². The number of carbonyl (C=O) groups is 1. The highest BCUT2D eigenvalue weighted by Crippen LogP contribution is 2.29. The average molecular weight is 431 g/mol. The zero-order chi connectivity index (χ0) is 21.8. The summed E-state index contributed by atoms with van der Waals surface area (Å²) < 4.78 is 5.95. The monoisotopic (exact) mass is 430 g/mol. The van der Waals surface area contributed by atoms with E-state index in [9.17, 15) is 4.79 Å². The lowest BCUT2D eigenvalue weighted by Crippen LogP contribution is -2.07. The van der Waals surface area contributed by atoms with Crippen LogP contribution in [0.15, 0.2) is 77.2 Å². The standard InChI is InChI=1S/C26H23ClN2O2/c1-3-17(2)19-10-13-24-23(16-19)29-26(31-24)20-5-4-6-22(15-20)28-25(30)14-9-18-7-11-21(27)12-8-18/h4-17H,3H2,1-2H3,(H,28,30). The number of amides is 1. The third kappa shape index (κ3) is 5.04. The molecule has 1 atom stereocenters. The lowest BCUT2D eigenvalue weighted by atomic mass is 9.98. The first-order chi connectivity index (χ1) is 15.0. The molecule has 0 aliphatic rings. The summed E-state index contributed by atoms with van der Waals surface area (Å²) >= 11 is 5.88. The summed E-state index contributed by atoms with van der Waals surface area (Å²) in [6.45, 7) is 4.38. The van der Waals surface area contributed by atoms with Crippen molar-refractivity contribution >= 4 is 40.4 Å². The number of hydrogen-bond acceptors (Lipinski definition) is 3. The van der Waals surface area contributed by atoms with E-state index in [0.29, 0.717) is 22.5 Å². The molecule has 3 aromatic carbocycles. The Kier molecular flexibility index (Phi) is 6.19. The molecule has 31 heavy (non-hydrogen) atoms. The molecule has 1 N–H and O–H groups in total. The summed E-state index contributed by atoms with van der Waals surface area (Å²) in [5.74, 6) is 0.788. The Labute approximate surface area is 186 Å². The number of hydrogen-bond donors (Lipinski definition) is 1. The molecule has 0 radical (unpaired) electrons. The molecule has 4 nitrogen and oxygen atoms in total. The largest absolute Gasteiger partial charge is 0.436 e.